The minimum absolute atomic E-state index is 0.000442. The van der Waals surface area contributed by atoms with Gasteiger partial charge in [0.15, 0.2) is 5.78 Å². The molecule has 25 heavy (non-hydrogen) atoms. The summed E-state index contributed by atoms with van der Waals surface area (Å²) < 4.78 is 6.32. The van der Waals surface area contributed by atoms with Gasteiger partial charge in [0.05, 0.1) is 4.91 Å². The molecule has 0 aliphatic carbocycles. The molecule has 0 N–H and O–H groups in total. The van der Waals surface area contributed by atoms with Gasteiger partial charge in [0, 0.05) is 23.7 Å². The highest BCUT2D eigenvalue weighted by Gasteiger charge is 2.31. The molecule has 1 aliphatic heterocycles. The van der Waals surface area contributed by atoms with Crippen LogP contribution < -0.4 is 0 Å². The van der Waals surface area contributed by atoms with Crippen molar-refractivity contribution in [1.82, 2.24) is 4.90 Å². The molecule has 0 spiro atoms. The number of rotatable bonds is 5. The normalized spacial score (nSPS) is 15.9. The molecule has 1 aliphatic rings. The number of amides is 1. The number of ketones is 1. The van der Waals surface area contributed by atoms with Gasteiger partial charge >= 0.3 is 0 Å². The van der Waals surface area contributed by atoms with Crippen LogP contribution >= 0.6 is 24.0 Å². The van der Waals surface area contributed by atoms with Gasteiger partial charge in [-0.15, -0.1) is 6.58 Å². The van der Waals surface area contributed by atoms with Crippen LogP contribution in [0.1, 0.15) is 23.0 Å². The lowest BCUT2D eigenvalue weighted by Crippen LogP contribution is -2.27. The third kappa shape index (κ3) is 3.65. The largest absolute Gasteiger partial charge is 0.457 e. The summed E-state index contributed by atoms with van der Waals surface area (Å²) in [6.45, 7) is 5.55. The third-order valence-corrected chi connectivity index (χ3v) is 5.02. The van der Waals surface area contributed by atoms with E-state index in [1.807, 2.05) is 18.2 Å². The molecule has 1 saturated heterocycles. The van der Waals surface area contributed by atoms with Gasteiger partial charge in [-0.05, 0) is 25.1 Å². The highest BCUT2D eigenvalue weighted by atomic mass is 32.2. The van der Waals surface area contributed by atoms with Crippen LogP contribution in [-0.4, -0.2) is 27.5 Å². The van der Waals surface area contributed by atoms with Crippen LogP contribution in [0.4, 0.5) is 0 Å². The van der Waals surface area contributed by atoms with Gasteiger partial charge in [-0.3, -0.25) is 14.5 Å². The van der Waals surface area contributed by atoms with Crippen molar-refractivity contribution in [3.63, 3.8) is 0 Å². The van der Waals surface area contributed by atoms with Gasteiger partial charge in [-0.1, -0.05) is 48.3 Å². The van der Waals surface area contributed by atoms with E-state index in [-0.39, 0.29) is 11.7 Å². The van der Waals surface area contributed by atoms with E-state index in [0.29, 0.717) is 32.9 Å². The van der Waals surface area contributed by atoms with Gasteiger partial charge in [0.2, 0.25) is 0 Å². The Hall–Kier alpha value is -2.44. The molecular weight excluding hydrogens is 354 g/mol. The van der Waals surface area contributed by atoms with E-state index in [4.69, 9.17) is 16.6 Å². The third-order valence-electron chi connectivity index (χ3n) is 3.64. The number of hydrogen-bond acceptors (Lipinski definition) is 5. The Morgan fingerprint density at radius 1 is 1.36 bits per heavy atom. The first-order valence-electron chi connectivity index (χ1n) is 7.57. The molecule has 0 radical (unpaired) electrons. The molecular formula is C19H15NO3S2. The second kappa shape index (κ2) is 7.21. The van der Waals surface area contributed by atoms with E-state index in [1.54, 1.807) is 30.4 Å². The number of benzene rings is 1. The Bertz CT molecular complexity index is 911. The number of thiocarbonyl (C=S) groups is 1. The van der Waals surface area contributed by atoms with E-state index in [1.165, 1.54) is 23.6 Å². The maximum atomic E-state index is 12.3. The maximum absolute atomic E-state index is 12.3. The first-order valence-corrected chi connectivity index (χ1v) is 8.79. The van der Waals surface area contributed by atoms with Crippen molar-refractivity contribution in [2.75, 3.05) is 6.54 Å². The number of carbonyl (C=O) groups is 2. The summed E-state index contributed by atoms with van der Waals surface area (Å²) in [6, 6.07) is 10.8. The molecule has 2 heterocycles. The molecule has 2 aromatic rings. The lowest BCUT2D eigenvalue weighted by atomic mass is 10.1. The lowest BCUT2D eigenvalue weighted by Gasteiger charge is -2.10. The fourth-order valence-corrected chi connectivity index (χ4v) is 3.65. The van der Waals surface area contributed by atoms with Gasteiger partial charge in [-0.2, -0.15) is 0 Å². The Balaban J connectivity index is 1.86. The van der Waals surface area contributed by atoms with Crippen LogP contribution in [0.5, 0.6) is 0 Å². The summed E-state index contributed by atoms with van der Waals surface area (Å²) in [6.07, 6.45) is 3.32. The van der Waals surface area contributed by atoms with Crippen molar-refractivity contribution in [2.24, 2.45) is 0 Å². The molecule has 0 bridgehead atoms. The highest BCUT2D eigenvalue weighted by Crippen LogP contribution is 2.33. The number of furan rings is 1. The molecule has 6 heteroatoms. The molecule has 1 fully saturated rings. The fraction of sp³-hybridized carbons (Fsp3) is 0.105. The smallest absolute Gasteiger partial charge is 0.266 e. The van der Waals surface area contributed by atoms with Crippen molar-refractivity contribution in [3.05, 3.63) is 65.3 Å². The Kier molecular flexibility index (Phi) is 5.01. The average molecular weight is 369 g/mol. The van der Waals surface area contributed by atoms with Crippen molar-refractivity contribution in [3.8, 4) is 11.3 Å². The molecule has 0 unspecified atom stereocenters. The standard InChI is InChI=1S/C19H15NO3S2/c1-3-9-20-18(22)17(25-19(20)24)11-15-7-8-16(23-15)14-6-4-5-13(10-14)12(2)21/h3-8,10-11H,1,9H2,2H3/b17-11-. The number of carbonyl (C=O) groups excluding carboxylic acids is 2. The van der Waals surface area contributed by atoms with Gasteiger partial charge in [0.25, 0.3) is 5.91 Å². The minimum Gasteiger partial charge on any atom is -0.457 e. The van der Waals surface area contributed by atoms with Gasteiger partial charge < -0.3 is 4.42 Å². The first kappa shape index (κ1) is 17.4. The second-order valence-electron chi connectivity index (χ2n) is 5.42. The first-order chi connectivity index (χ1) is 12.0. The monoisotopic (exact) mass is 369 g/mol. The van der Waals surface area contributed by atoms with Crippen molar-refractivity contribution < 1.29 is 14.0 Å². The minimum atomic E-state index is -0.147. The van der Waals surface area contributed by atoms with Crippen LogP contribution in [-0.2, 0) is 4.79 Å². The zero-order valence-electron chi connectivity index (χ0n) is 13.5. The summed E-state index contributed by atoms with van der Waals surface area (Å²) in [7, 11) is 0. The van der Waals surface area contributed by atoms with E-state index in [2.05, 4.69) is 6.58 Å². The van der Waals surface area contributed by atoms with E-state index >= 15 is 0 Å². The number of Topliss-reactive ketones (excluding diaryl/α,β-unsaturated/α-hetero) is 1. The second-order valence-corrected chi connectivity index (χ2v) is 7.10. The molecule has 0 saturated carbocycles. The topological polar surface area (TPSA) is 50.5 Å². The summed E-state index contributed by atoms with van der Waals surface area (Å²) in [5.41, 5.74) is 1.44. The molecule has 0 atom stereocenters. The van der Waals surface area contributed by atoms with Crippen LogP contribution in [0.3, 0.4) is 0 Å². The summed E-state index contributed by atoms with van der Waals surface area (Å²) in [5.74, 6) is 1.05. The van der Waals surface area contributed by atoms with E-state index in [9.17, 15) is 9.59 Å². The van der Waals surface area contributed by atoms with E-state index in [0.717, 1.165) is 5.56 Å². The van der Waals surface area contributed by atoms with Gasteiger partial charge in [0.1, 0.15) is 15.8 Å². The molecule has 1 aromatic heterocycles. The lowest BCUT2D eigenvalue weighted by molar-refractivity contribution is -0.121. The molecule has 3 rings (SSSR count). The van der Waals surface area contributed by atoms with Crippen LogP contribution in [0.25, 0.3) is 17.4 Å². The summed E-state index contributed by atoms with van der Waals surface area (Å²) in [4.78, 5) is 25.9. The molecule has 1 amide bonds. The van der Waals surface area contributed by atoms with Crippen LogP contribution in [0.2, 0.25) is 0 Å². The number of nitrogens with zero attached hydrogens (tertiary/aromatic N) is 1. The quantitative estimate of drug-likeness (QED) is 0.335. The SMILES string of the molecule is C=CCN1C(=O)/C(=C/c2ccc(-c3cccc(C(C)=O)c3)o2)SC1=S. The zero-order chi connectivity index (χ0) is 18.0. The number of hydrogen-bond donors (Lipinski definition) is 0. The Morgan fingerprint density at radius 2 is 2.16 bits per heavy atom. The van der Waals surface area contributed by atoms with Crippen LogP contribution in [0.15, 0.2) is 58.4 Å². The Morgan fingerprint density at radius 3 is 2.88 bits per heavy atom. The van der Waals surface area contributed by atoms with Gasteiger partial charge in [-0.25, -0.2) is 0 Å². The molecule has 4 nitrogen and oxygen atoms in total. The summed E-state index contributed by atoms with van der Waals surface area (Å²) >= 11 is 6.46. The van der Waals surface area contributed by atoms with E-state index < -0.39 is 0 Å². The predicted molar refractivity (Wildman–Crippen MR) is 104 cm³/mol. The van der Waals surface area contributed by atoms with Crippen LogP contribution in [0, 0.1) is 0 Å². The summed E-state index contributed by atoms with van der Waals surface area (Å²) in [5, 5.41) is 0. The fourth-order valence-electron chi connectivity index (χ4n) is 2.39. The molecule has 1 aromatic carbocycles. The van der Waals surface area contributed by atoms with Crippen molar-refractivity contribution in [2.45, 2.75) is 6.92 Å². The predicted octanol–water partition coefficient (Wildman–Crippen LogP) is 4.54. The zero-order valence-corrected chi connectivity index (χ0v) is 15.2. The molecule has 126 valence electrons. The Labute approximate surface area is 155 Å². The maximum Gasteiger partial charge on any atom is 0.266 e. The van der Waals surface area contributed by atoms with Crippen molar-refractivity contribution >= 4 is 46.1 Å². The number of thioether (sulfide) groups is 1. The van der Waals surface area contributed by atoms with Crippen molar-refractivity contribution in [1.29, 1.82) is 0 Å². The average Bonchev–Trinajstić information content (AvgIpc) is 3.16. The highest BCUT2D eigenvalue weighted by molar-refractivity contribution is 8.26.